The van der Waals surface area contributed by atoms with Crippen molar-refractivity contribution in [1.29, 1.82) is 0 Å². The molecule has 0 unspecified atom stereocenters. The van der Waals surface area contributed by atoms with E-state index in [4.69, 9.17) is 21.3 Å². The van der Waals surface area contributed by atoms with Crippen LogP contribution in [0.3, 0.4) is 0 Å². The number of hydrogen-bond donors (Lipinski definition) is 2. The average Bonchev–Trinajstić information content (AvgIpc) is 3.33. The van der Waals surface area contributed by atoms with E-state index in [-0.39, 0.29) is 17.7 Å². The molecule has 5 aromatic rings. The van der Waals surface area contributed by atoms with Crippen LogP contribution in [0.1, 0.15) is 37.9 Å². The zero-order valence-corrected chi connectivity index (χ0v) is 21.5. The first-order valence-corrected chi connectivity index (χ1v) is 12.4. The molecule has 0 saturated carbocycles. The number of benzene rings is 2. The minimum Gasteiger partial charge on any atom is -0.489 e. The van der Waals surface area contributed by atoms with Gasteiger partial charge in [0.1, 0.15) is 5.75 Å². The van der Waals surface area contributed by atoms with Gasteiger partial charge < -0.3 is 19.6 Å². The predicted octanol–water partition coefficient (Wildman–Crippen LogP) is 5.84. The SMILES string of the molecule is CC(C)Oc1cc2[nH]c(=O)c([C@H](C)Nc3nccc(-c4cncn4Cc4ccccc4)n3)cc2cc1Cl. The van der Waals surface area contributed by atoms with E-state index >= 15 is 0 Å². The van der Waals surface area contributed by atoms with Crippen molar-refractivity contribution in [3.63, 3.8) is 0 Å². The number of nitrogens with zero attached hydrogens (tertiary/aromatic N) is 4. The van der Waals surface area contributed by atoms with Crippen LogP contribution in [0.5, 0.6) is 5.75 Å². The Balaban J connectivity index is 1.39. The Hall–Kier alpha value is -4.17. The van der Waals surface area contributed by atoms with E-state index in [1.165, 1.54) is 5.56 Å². The lowest BCUT2D eigenvalue weighted by atomic mass is 10.1. The monoisotopic (exact) mass is 514 g/mol. The average molecular weight is 515 g/mol. The van der Waals surface area contributed by atoms with Crippen LogP contribution in [0.2, 0.25) is 5.02 Å². The summed E-state index contributed by atoms with van der Waals surface area (Å²) in [6, 6.07) is 17.0. The fourth-order valence-corrected chi connectivity index (χ4v) is 4.39. The van der Waals surface area contributed by atoms with Gasteiger partial charge in [-0.1, -0.05) is 41.9 Å². The number of nitrogens with one attached hydrogen (secondary N) is 2. The fraction of sp³-hybridized carbons (Fsp3) is 0.214. The van der Waals surface area contributed by atoms with E-state index in [2.05, 4.69) is 32.4 Å². The Morgan fingerprint density at radius 2 is 1.92 bits per heavy atom. The second-order valence-electron chi connectivity index (χ2n) is 9.11. The largest absolute Gasteiger partial charge is 0.489 e. The van der Waals surface area contributed by atoms with Gasteiger partial charge in [0.25, 0.3) is 5.56 Å². The Bertz CT molecular complexity index is 1600. The maximum absolute atomic E-state index is 12.9. The molecule has 0 amide bonds. The summed E-state index contributed by atoms with van der Waals surface area (Å²) in [5, 5.41) is 4.56. The molecule has 0 radical (unpaired) electrons. The normalized spacial score (nSPS) is 12.1. The molecule has 3 heterocycles. The summed E-state index contributed by atoms with van der Waals surface area (Å²) in [7, 11) is 0. The fourth-order valence-electron chi connectivity index (χ4n) is 4.17. The van der Waals surface area contributed by atoms with Gasteiger partial charge in [-0.25, -0.2) is 15.0 Å². The highest BCUT2D eigenvalue weighted by Gasteiger charge is 2.16. The third-order valence-electron chi connectivity index (χ3n) is 5.93. The molecule has 0 aliphatic rings. The predicted molar refractivity (Wildman–Crippen MR) is 146 cm³/mol. The van der Waals surface area contributed by atoms with Crippen LogP contribution in [-0.2, 0) is 6.54 Å². The summed E-state index contributed by atoms with van der Waals surface area (Å²) in [5.74, 6) is 0.950. The van der Waals surface area contributed by atoms with Gasteiger partial charge in [-0.05, 0) is 44.5 Å². The number of H-pyrrole nitrogens is 1. The smallest absolute Gasteiger partial charge is 0.253 e. The minimum absolute atomic E-state index is 0.0297. The lowest BCUT2D eigenvalue weighted by molar-refractivity contribution is 0.243. The van der Waals surface area contributed by atoms with Crippen molar-refractivity contribution >= 4 is 28.5 Å². The lowest BCUT2D eigenvalue weighted by Crippen LogP contribution is -2.20. The summed E-state index contributed by atoms with van der Waals surface area (Å²) in [6.45, 7) is 6.42. The Labute approximate surface area is 219 Å². The van der Waals surface area contributed by atoms with Crippen molar-refractivity contribution in [2.75, 3.05) is 5.32 Å². The first-order valence-electron chi connectivity index (χ1n) is 12.0. The highest BCUT2D eigenvalue weighted by atomic mass is 35.5. The minimum atomic E-state index is -0.358. The maximum Gasteiger partial charge on any atom is 0.253 e. The molecular weight excluding hydrogens is 488 g/mol. The molecule has 5 rings (SSSR count). The molecule has 2 N–H and O–H groups in total. The van der Waals surface area contributed by atoms with Gasteiger partial charge in [0.2, 0.25) is 5.95 Å². The van der Waals surface area contributed by atoms with E-state index in [9.17, 15) is 4.79 Å². The van der Waals surface area contributed by atoms with Gasteiger partial charge in [-0.2, -0.15) is 0 Å². The van der Waals surface area contributed by atoms with Crippen molar-refractivity contribution in [3.8, 4) is 17.1 Å². The molecule has 9 heteroatoms. The van der Waals surface area contributed by atoms with Crippen LogP contribution < -0.4 is 15.6 Å². The third kappa shape index (κ3) is 5.49. The molecule has 37 heavy (non-hydrogen) atoms. The van der Waals surface area contributed by atoms with Crippen LogP contribution in [-0.4, -0.2) is 30.6 Å². The first kappa shape index (κ1) is 24.5. The second-order valence-corrected chi connectivity index (χ2v) is 9.52. The van der Waals surface area contributed by atoms with E-state index in [1.807, 2.05) is 55.7 Å². The zero-order valence-electron chi connectivity index (χ0n) is 20.8. The molecule has 188 valence electrons. The number of aromatic amines is 1. The zero-order chi connectivity index (χ0) is 25.9. The van der Waals surface area contributed by atoms with Crippen LogP contribution >= 0.6 is 11.6 Å². The van der Waals surface area contributed by atoms with Crippen LogP contribution in [0, 0.1) is 0 Å². The summed E-state index contributed by atoms with van der Waals surface area (Å²) in [4.78, 5) is 29.3. The molecule has 0 saturated heterocycles. The summed E-state index contributed by atoms with van der Waals surface area (Å²) in [6.07, 6.45) is 5.24. The van der Waals surface area contributed by atoms with Gasteiger partial charge in [0, 0.05) is 29.8 Å². The standard InChI is InChI=1S/C28H27ClN6O2/c1-17(2)37-26-13-24-20(12-22(26)29)11-21(27(36)33-24)18(3)32-28-31-10-9-23(34-28)25-14-30-16-35(25)15-19-7-5-4-6-8-19/h4-14,16-18H,15H2,1-3H3,(H,33,36)(H,31,32,34)/t18-/m0/s1. The number of anilines is 1. The van der Waals surface area contributed by atoms with Crippen LogP contribution in [0.15, 0.2) is 78.1 Å². The topological polar surface area (TPSA) is 97.7 Å². The molecule has 1 atom stereocenters. The van der Waals surface area contributed by atoms with E-state index in [0.29, 0.717) is 34.3 Å². The van der Waals surface area contributed by atoms with Crippen LogP contribution in [0.4, 0.5) is 5.95 Å². The van der Waals surface area contributed by atoms with Crippen molar-refractivity contribution < 1.29 is 4.74 Å². The molecule has 3 aromatic heterocycles. The van der Waals surface area contributed by atoms with Crippen LogP contribution in [0.25, 0.3) is 22.3 Å². The number of halogens is 1. The lowest BCUT2D eigenvalue weighted by Gasteiger charge is -2.16. The number of pyridine rings is 1. The Morgan fingerprint density at radius 3 is 2.70 bits per heavy atom. The third-order valence-corrected chi connectivity index (χ3v) is 6.22. The maximum atomic E-state index is 12.9. The summed E-state index contributed by atoms with van der Waals surface area (Å²) >= 11 is 6.42. The molecule has 0 aliphatic heterocycles. The van der Waals surface area contributed by atoms with Gasteiger partial charge >= 0.3 is 0 Å². The van der Waals surface area contributed by atoms with E-state index in [0.717, 1.165) is 16.8 Å². The number of rotatable bonds is 8. The Kier molecular flexibility index (Phi) is 6.92. The quantitative estimate of drug-likeness (QED) is 0.270. The first-order chi connectivity index (χ1) is 17.9. The number of aromatic nitrogens is 5. The molecule has 0 aliphatic carbocycles. The summed E-state index contributed by atoms with van der Waals surface area (Å²) in [5.41, 5.74) is 3.77. The number of ether oxygens (including phenoxy) is 1. The highest BCUT2D eigenvalue weighted by molar-refractivity contribution is 6.32. The van der Waals surface area contributed by atoms with Gasteiger partial charge in [-0.15, -0.1) is 0 Å². The van der Waals surface area contributed by atoms with Crippen molar-refractivity contribution in [2.45, 2.75) is 39.5 Å². The van der Waals surface area contributed by atoms with Gasteiger partial charge in [0.05, 0.1) is 46.6 Å². The number of hydrogen-bond acceptors (Lipinski definition) is 6. The molecular formula is C28H27ClN6O2. The molecule has 0 spiro atoms. The number of imidazole rings is 1. The van der Waals surface area contributed by atoms with Gasteiger partial charge in [-0.3, -0.25) is 4.79 Å². The summed E-state index contributed by atoms with van der Waals surface area (Å²) < 4.78 is 7.79. The molecule has 0 bridgehead atoms. The van der Waals surface area contributed by atoms with E-state index in [1.54, 1.807) is 30.9 Å². The molecule has 2 aromatic carbocycles. The van der Waals surface area contributed by atoms with Crippen molar-refractivity contribution in [2.24, 2.45) is 0 Å². The van der Waals surface area contributed by atoms with Crippen molar-refractivity contribution in [1.82, 2.24) is 24.5 Å². The Morgan fingerprint density at radius 1 is 1.11 bits per heavy atom. The van der Waals surface area contributed by atoms with E-state index < -0.39 is 0 Å². The van der Waals surface area contributed by atoms with Gasteiger partial charge in [0.15, 0.2) is 0 Å². The van der Waals surface area contributed by atoms with Crippen molar-refractivity contribution in [3.05, 3.63) is 99.8 Å². The number of fused-ring (bicyclic) bond motifs is 1. The molecule has 0 fully saturated rings. The second kappa shape index (κ2) is 10.4. The molecule has 8 nitrogen and oxygen atoms in total. The highest BCUT2D eigenvalue weighted by Crippen LogP contribution is 2.31.